The van der Waals surface area contributed by atoms with Crippen molar-refractivity contribution in [3.05, 3.63) is 51.7 Å². The molecule has 0 bridgehead atoms. The zero-order valence-electron chi connectivity index (χ0n) is 11.4. The van der Waals surface area contributed by atoms with Gasteiger partial charge >= 0.3 is 6.03 Å². The maximum Gasteiger partial charge on any atom is 0.319 e. The van der Waals surface area contributed by atoms with E-state index in [0.29, 0.717) is 17.8 Å². The fourth-order valence-electron chi connectivity index (χ4n) is 1.71. The third-order valence-corrected chi connectivity index (χ3v) is 3.86. The summed E-state index contributed by atoms with van der Waals surface area (Å²) in [5.41, 5.74) is 3.59. The van der Waals surface area contributed by atoms with Gasteiger partial charge < -0.3 is 10.6 Å². The molecule has 0 aliphatic carbocycles. The fourth-order valence-corrected chi connectivity index (χ4v) is 2.56. The van der Waals surface area contributed by atoms with Gasteiger partial charge in [-0.05, 0) is 60.0 Å². The summed E-state index contributed by atoms with van der Waals surface area (Å²) >= 11 is 1.62. The number of benzene rings is 1. The van der Waals surface area contributed by atoms with Gasteiger partial charge in [-0.2, -0.15) is 11.3 Å². The minimum atomic E-state index is -0.258. The van der Waals surface area contributed by atoms with E-state index < -0.39 is 0 Å². The van der Waals surface area contributed by atoms with Crippen molar-refractivity contribution in [3.63, 3.8) is 0 Å². The summed E-state index contributed by atoms with van der Waals surface area (Å²) in [5.74, 6) is 0.00827. The van der Waals surface area contributed by atoms with Gasteiger partial charge in [-0.15, -0.1) is 0 Å². The number of urea groups is 1. The molecule has 0 unspecified atom stereocenters. The molecule has 0 saturated heterocycles. The van der Waals surface area contributed by atoms with Crippen LogP contribution in [0.3, 0.4) is 0 Å². The number of amides is 2. The van der Waals surface area contributed by atoms with Gasteiger partial charge in [0, 0.05) is 17.8 Å². The average Bonchev–Trinajstić information content (AvgIpc) is 2.82. The van der Waals surface area contributed by atoms with Gasteiger partial charge in [-0.25, -0.2) is 4.79 Å². The van der Waals surface area contributed by atoms with Crippen LogP contribution < -0.4 is 10.6 Å². The fraction of sp³-hybridized carbons (Fsp3) is 0.200. The summed E-state index contributed by atoms with van der Waals surface area (Å²) in [6, 6.07) is 6.56. The molecule has 1 heterocycles. The molecule has 0 fully saturated rings. The topological polar surface area (TPSA) is 58.2 Å². The first-order chi connectivity index (χ1) is 9.56. The predicted octanol–water partition coefficient (Wildman–Crippen LogP) is 3.58. The Bertz CT molecular complexity index is 617. The molecule has 104 valence electrons. The molecular weight excluding hydrogens is 272 g/mol. The lowest BCUT2D eigenvalue weighted by atomic mass is 10.1. The molecule has 5 heteroatoms. The zero-order valence-corrected chi connectivity index (χ0v) is 12.2. The van der Waals surface area contributed by atoms with Crippen molar-refractivity contribution >= 4 is 28.8 Å². The number of Topliss-reactive ketones (excluding diaryl/α,β-unsaturated/α-hetero) is 1. The Morgan fingerprint density at radius 2 is 1.85 bits per heavy atom. The van der Waals surface area contributed by atoms with Crippen molar-refractivity contribution in [1.82, 2.24) is 5.32 Å². The first kappa shape index (κ1) is 14.3. The van der Waals surface area contributed by atoms with E-state index >= 15 is 0 Å². The number of aryl methyl sites for hydroxylation is 1. The van der Waals surface area contributed by atoms with Gasteiger partial charge in [0.05, 0.1) is 0 Å². The normalized spacial score (nSPS) is 10.1. The summed E-state index contributed by atoms with van der Waals surface area (Å²) in [4.78, 5) is 22.9. The van der Waals surface area contributed by atoms with Crippen LogP contribution in [0.4, 0.5) is 10.5 Å². The molecule has 2 rings (SSSR count). The van der Waals surface area contributed by atoms with Gasteiger partial charge in [0.2, 0.25) is 0 Å². The van der Waals surface area contributed by atoms with Crippen LogP contribution in [0.1, 0.15) is 28.4 Å². The molecule has 0 radical (unpaired) electrons. The van der Waals surface area contributed by atoms with Crippen LogP contribution >= 0.6 is 11.3 Å². The van der Waals surface area contributed by atoms with Gasteiger partial charge in [0.15, 0.2) is 5.78 Å². The van der Waals surface area contributed by atoms with Crippen LogP contribution in [-0.4, -0.2) is 11.8 Å². The molecule has 0 aliphatic rings. The van der Waals surface area contributed by atoms with E-state index in [0.717, 1.165) is 5.56 Å². The first-order valence-corrected chi connectivity index (χ1v) is 7.18. The van der Waals surface area contributed by atoms with E-state index in [1.54, 1.807) is 35.6 Å². The number of hydrogen-bond donors (Lipinski definition) is 2. The van der Waals surface area contributed by atoms with Crippen LogP contribution in [0, 0.1) is 6.92 Å². The number of thiophene rings is 1. The average molecular weight is 288 g/mol. The Balaban J connectivity index is 1.88. The third kappa shape index (κ3) is 3.68. The summed E-state index contributed by atoms with van der Waals surface area (Å²) < 4.78 is 0. The molecule has 0 spiro atoms. The molecule has 0 saturated carbocycles. The summed E-state index contributed by atoms with van der Waals surface area (Å²) in [5, 5.41) is 9.61. The number of anilines is 1. The van der Waals surface area contributed by atoms with Crippen LogP contribution in [-0.2, 0) is 6.54 Å². The third-order valence-electron chi connectivity index (χ3n) is 2.95. The molecule has 0 aliphatic heterocycles. The van der Waals surface area contributed by atoms with Crippen LogP contribution in [0.2, 0.25) is 0 Å². The van der Waals surface area contributed by atoms with E-state index in [2.05, 4.69) is 16.0 Å². The second-order valence-corrected chi connectivity index (χ2v) is 5.26. The lowest BCUT2D eigenvalue weighted by Gasteiger charge is -2.08. The second kappa shape index (κ2) is 6.34. The molecule has 2 amide bonds. The number of rotatable bonds is 4. The maximum atomic E-state index is 11.8. The van der Waals surface area contributed by atoms with Crippen molar-refractivity contribution in [2.75, 3.05) is 5.32 Å². The molecule has 4 nitrogen and oxygen atoms in total. The highest BCUT2D eigenvalue weighted by Crippen LogP contribution is 2.13. The minimum absolute atomic E-state index is 0.00827. The standard InChI is InChI=1S/C15H16N2O2S/c1-10-8-20-9-13(10)7-16-15(19)17-14-5-3-12(4-6-14)11(2)18/h3-6,8-9H,7H2,1-2H3,(H2,16,17,19). The highest BCUT2D eigenvalue weighted by Gasteiger charge is 2.05. The molecular formula is C15H16N2O2S. The molecule has 1 aromatic heterocycles. The van der Waals surface area contributed by atoms with E-state index in [4.69, 9.17) is 0 Å². The maximum absolute atomic E-state index is 11.8. The molecule has 2 N–H and O–H groups in total. The van der Waals surface area contributed by atoms with E-state index in [-0.39, 0.29) is 11.8 Å². The monoisotopic (exact) mass is 288 g/mol. The highest BCUT2D eigenvalue weighted by molar-refractivity contribution is 7.08. The Morgan fingerprint density at radius 1 is 1.15 bits per heavy atom. The van der Waals surface area contributed by atoms with E-state index in [9.17, 15) is 9.59 Å². The second-order valence-electron chi connectivity index (χ2n) is 4.52. The lowest BCUT2D eigenvalue weighted by molar-refractivity contribution is 0.101. The van der Waals surface area contributed by atoms with Gasteiger partial charge in [0.1, 0.15) is 0 Å². The smallest absolute Gasteiger partial charge is 0.319 e. The van der Waals surface area contributed by atoms with Crippen molar-refractivity contribution in [2.24, 2.45) is 0 Å². The van der Waals surface area contributed by atoms with Crippen LogP contribution in [0.5, 0.6) is 0 Å². The van der Waals surface area contributed by atoms with Crippen LogP contribution in [0.15, 0.2) is 35.0 Å². The Morgan fingerprint density at radius 3 is 2.40 bits per heavy atom. The van der Waals surface area contributed by atoms with Gasteiger partial charge in [-0.3, -0.25) is 4.79 Å². The summed E-state index contributed by atoms with van der Waals surface area (Å²) in [6.45, 7) is 4.04. The van der Waals surface area contributed by atoms with E-state index in [1.807, 2.05) is 12.3 Å². The van der Waals surface area contributed by atoms with Gasteiger partial charge in [-0.1, -0.05) is 0 Å². The summed E-state index contributed by atoms with van der Waals surface area (Å²) in [7, 11) is 0. The van der Waals surface area contributed by atoms with Gasteiger partial charge in [0.25, 0.3) is 0 Å². The minimum Gasteiger partial charge on any atom is -0.334 e. The Labute approximate surface area is 121 Å². The molecule has 2 aromatic rings. The number of ketones is 1. The van der Waals surface area contributed by atoms with E-state index in [1.165, 1.54) is 12.5 Å². The van der Waals surface area contributed by atoms with Crippen LogP contribution in [0.25, 0.3) is 0 Å². The largest absolute Gasteiger partial charge is 0.334 e. The Hall–Kier alpha value is -2.14. The van der Waals surface area contributed by atoms with Crippen molar-refractivity contribution < 1.29 is 9.59 Å². The zero-order chi connectivity index (χ0) is 14.5. The number of carbonyl (C=O) groups excluding carboxylic acids is 2. The lowest BCUT2D eigenvalue weighted by Crippen LogP contribution is -2.28. The molecule has 1 aromatic carbocycles. The SMILES string of the molecule is CC(=O)c1ccc(NC(=O)NCc2cscc2C)cc1. The first-order valence-electron chi connectivity index (χ1n) is 6.24. The highest BCUT2D eigenvalue weighted by atomic mass is 32.1. The van der Waals surface area contributed by atoms with Crippen molar-refractivity contribution in [1.29, 1.82) is 0 Å². The molecule has 20 heavy (non-hydrogen) atoms. The van der Waals surface area contributed by atoms with Crippen molar-refractivity contribution in [2.45, 2.75) is 20.4 Å². The number of hydrogen-bond acceptors (Lipinski definition) is 3. The quantitative estimate of drug-likeness (QED) is 0.845. The van der Waals surface area contributed by atoms with Crippen molar-refractivity contribution in [3.8, 4) is 0 Å². The predicted molar refractivity (Wildman–Crippen MR) is 81.4 cm³/mol. The molecule has 0 atom stereocenters. The Kier molecular flexibility index (Phi) is 4.53. The number of carbonyl (C=O) groups is 2. The number of nitrogens with one attached hydrogen (secondary N) is 2. The summed E-state index contributed by atoms with van der Waals surface area (Å²) in [6.07, 6.45) is 0.